The number of hydrogen-bond acceptors (Lipinski definition) is 1. The van der Waals surface area contributed by atoms with Crippen molar-refractivity contribution >= 4 is 5.69 Å². The van der Waals surface area contributed by atoms with Crippen LogP contribution in [0.25, 0.3) is 5.32 Å². The minimum absolute atomic E-state index is 0. The van der Waals surface area contributed by atoms with E-state index in [9.17, 15) is 0 Å². The van der Waals surface area contributed by atoms with Crippen molar-refractivity contribution in [1.29, 1.82) is 0 Å². The van der Waals surface area contributed by atoms with E-state index >= 15 is 0 Å². The second-order valence-electron chi connectivity index (χ2n) is 1.90. The van der Waals surface area contributed by atoms with E-state index in [1.165, 1.54) is 0 Å². The molecule has 0 N–H and O–H groups in total. The molecule has 0 aromatic heterocycles. The first-order valence-electron chi connectivity index (χ1n) is 2.86. The van der Waals surface area contributed by atoms with Crippen LogP contribution in [0.4, 0.5) is 5.69 Å². The van der Waals surface area contributed by atoms with Gasteiger partial charge in [-0.2, -0.15) is 0 Å². The summed E-state index contributed by atoms with van der Waals surface area (Å²) in [5.41, 5.74) is 0.970. The molecule has 48 valence electrons. The topological polar surface area (TPSA) is 23.3 Å². The van der Waals surface area contributed by atoms with Crippen molar-refractivity contribution in [3.05, 3.63) is 29.6 Å². The standard InChI is InChI=1S/C7H6NO.Rf/c1-2-4-7-6(3-1)8-5-9-7;/h1-4H,5H2;/q-1;. The molecule has 1 heterocycles. The number of benzene rings is 1. The summed E-state index contributed by atoms with van der Waals surface area (Å²) in [5.74, 6) is 0.900. The number of fused-ring (bicyclic) bond motifs is 1. The molecule has 0 atom stereocenters. The molecule has 3 heteroatoms. The molecule has 1 aromatic carbocycles. The summed E-state index contributed by atoms with van der Waals surface area (Å²) < 4.78 is 5.13. The van der Waals surface area contributed by atoms with Crippen molar-refractivity contribution in [3.8, 4) is 5.75 Å². The normalized spacial score (nSPS) is 12.4. The van der Waals surface area contributed by atoms with Crippen LogP contribution in [0.2, 0.25) is 0 Å². The second-order valence-corrected chi connectivity index (χ2v) is 1.90. The van der Waals surface area contributed by atoms with Crippen molar-refractivity contribution < 1.29 is 4.74 Å². The van der Waals surface area contributed by atoms with Gasteiger partial charge in [-0.05, 0) is 6.07 Å². The van der Waals surface area contributed by atoms with Gasteiger partial charge < -0.3 is 10.1 Å². The van der Waals surface area contributed by atoms with Gasteiger partial charge in [0.2, 0.25) is 0 Å². The Morgan fingerprint density at radius 1 is 1.30 bits per heavy atom. The van der Waals surface area contributed by atoms with E-state index in [2.05, 4.69) is 5.32 Å². The average Bonchev–Trinajstić information content (AvgIpc) is 2.33. The first-order valence-corrected chi connectivity index (χ1v) is 2.86. The molecule has 0 saturated heterocycles. The van der Waals surface area contributed by atoms with Crippen LogP contribution in [0.5, 0.6) is 5.75 Å². The van der Waals surface area contributed by atoms with Gasteiger partial charge in [-0.15, -0.1) is 0 Å². The van der Waals surface area contributed by atoms with Gasteiger partial charge in [-0.1, -0.05) is 23.9 Å². The zero-order valence-corrected chi connectivity index (χ0v) is 12.0. The average molecular weight is 387 g/mol. The predicted molar refractivity (Wildman–Crippen MR) is 35.0 cm³/mol. The van der Waals surface area contributed by atoms with E-state index in [-0.39, 0.29) is 0 Å². The van der Waals surface area contributed by atoms with E-state index < -0.39 is 0 Å². The molecule has 1 aliphatic heterocycles. The van der Waals surface area contributed by atoms with Gasteiger partial charge in [0, 0.05) is 6.73 Å². The summed E-state index contributed by atoms with van der Waals surface area (Å²) in [6, 6.07) is 7.77. The van der Waals surface area contributed by atoms with Crippen molar-refractivity contribution in [3.63, 3.8) is 0 Å². The van der Waals surface area contributed by atoms with Crippen LogP contribution in [0.1, 0.15) is 0 Å². The molecule has 0 amide bonds. The van der Waals surface area contributed by atoms with Crippen LogP contribution >= 0.6 is 0 Å². The second kappa shape index (κ2) is 1.97. The molecule has 0 radical (unpaired) electrons. The smallest absolute Gasteiger partial charge is 0.102 e. The number of nitrogens with zero attached hydrogens (tertiary/aromatic N) is 1. The first-order chi connectivity index (χ1) is 4.47. The van der Waals surface area contributed by atoms with E-state index in [0.29, 0.717) is 6.73 Å². The van der Waals surface area contributed by atoms with Crippen LogP contribution in [-0.4, -0.2) is 6.73 Å². The molecule has 0 saturated carbocycles. The summed E-state index contributed by atoms with van der Waals surface area (Å²) >= 11 is 0. The Hall–Kier alpha value is -2.18. The van der Waals surface area contributed by atoms with E-state index in [0.717, 1.165) is 11.4 Å². The maximum Gasteiger partial charge on any atom is 0.102 e. The minimum Gasteiger partial charge on any atom is -0.649 e. The maximum atomic E-state index is 5.13. The third-order valence-corrected chi connectivity index (χ3v) is 1.32. The van der Waals surface area contributed by atoms with E-state index in [4.69, 9.17) is 4.74 Å². The molecule has 2 nitrogen and oxygen atoms in total. The molecule has 0 aliphatic carbocycles. The number of para-hydroxylation sites is 2. The van der Waals surface area contributed by atoms with Crippen LogP contribution in [0, 0.1) is 0 Å². The van der Waals surface area contributed by atoms with Gasteiger partial charge in [-0.3, -0.25) is 0 Å². The zero-order valence-electron chi connectivity index (χ0n) is 5.58. The van der Waals surface area contributed by atoms with Crippen LogP contribution in [0.15, 0.2) is 24.3 Å². The fourth-order valence-electron chi connectivity index (χ4n) is 0.881. The molecular formula is C7H6NORf-. The van der Waals surface area contributed by atoms with Gasteiger partial charge >= 0.3 is 0 Å². The Morgan fingerprint density at radius 2 is 2.10 bits per heavy atom. The molecule has 1 aliphatic rings. The van der Waals surface area contributed by atoms with Gasteiger partial charge in [0.25, 0.3) is 0 Å². The van der Waals surface area contributed by atoms with Crippen molar-refractivity contribution in [1.82, 2.24) is 0 Å². The summed E-state index contributed by atoms with van der Waals surface area (Å²) in [5, 5.41) is 4.08. The third kappa shape index (κ3) is 0.616. The predicted octanol–water partition coefficient (Wildman–Crippen LogP) is 2.04. The Labute approximate surface area is 53.5 Å². The molecular weight excluding hydrogens is 381 g/mol. The fourth-order valence-corrected chi connectivity index (χ4v) is 0.881. The number of rotatable bonds is 0. The Kier molecular flexibility index (Phi) is 1.17. The summed E-state index contributed by atoms with van der Waals surface area (Å²) in [6.45, 7) is 0.485. The van der Waals surface area contributed by atoms with Gasteiger partial charge in [0.1, 0.15) is 5.75 Å². The Bertz CT molecular complexity index is 204. The third-order valence-electron chi connectivity index (χ3n) is 1.32. The number of ether oxygens (including phenoxy) is 1. The zero-order chi connectivity index (χ0) is 6.10. The van der Waals surface area contributed by atoms with Crippen molar-refractivity contribution in [2.75, 3.05) is 6.73 Å². The summed E-state index contributed by atoms with van der Waals surface area (Å²) in [4.78, 5) is 0. The molecule has 2 rings (SSSR count). The fraction of sp³-hybridized carbons (Fsp3) is 0.143. The SMILES string of the molecule is [Rf].c1ccc2c(c1)[N-]CO2. The van der Waals surface area contributed by atoms with Crippen LogP contribution in [0.3, 0.4) is 0 Å². The Balaban J connectivity index is 0.000000500. The van der Waals surface area contributed by atoms with Crippen LogP contribution < -0.4 is 4.74 Å². The molecule has 0 spiro atoms. The molecule has 1 aromatic rings. The summed E-state index contributed by atoms with van der Waals surface area (Å²) in [6.07, 6.45) is 0. The van der Waals surface area contributed by atoms with Gasteiger partial charge in [-0.25, -0.2) is 0 Å². The molecule has 0 unspecified atom stereocenters. The monoisotopic (exact) mass is 387 g/mol. The maximum absolute atomic E-state index is 5.13. The Morgan fingerprint density at radius 3 is 2.90 bits per heavy atom. The first kappa shape index (κ1) is 5.95. The van der Waals surface area contributed by atoms with E-state index in [1.54, 1.807) is 0 Å². The minimum atomic E-state index is 0. The summed E-state index contributed by atoms with van der Waals surface area (Å²) in [7, 11) is 0. The largest absolute Gasteiger partial charge is 0.649 e. The molecule has 0 bridgehead atoms. The molecule has 10 heavy (non-hydrogen) atoms. The van der Waals surface area contributed by atoms with Crippen LogP contribution in [-0.2, 0) is 0 Å². The van der Waals surface area contributed by atoms with E-state index in [1.807, 2.05) is 24.3 Å². The molecule has 0 fully saturated rings. The quantitative estimate of drug-likeness (QED) is 0.669. The van der Waals surface area contributed by atoms with Crippen molar-refractivity contribution in [2.45, 2.75) is 0 Å². The van der Waals surface area contributed by atoms with Gasteiger partial charge in [0.05, 0.1) is 0 Å². The number of hydrogen-bond donors (Lipinski definition) is 0. The van der Waals surface area contributed by atoms with Gasteiger partial charge in [0.15, 0.2) is 0 Å². The van der Waals surface area contributed by atoms with Crippen molar-refractivity contribution in [2.24, 2.45) is 0 Å².